The minimum atomic E-state index is -0.801. The molecule has 3 nitrogen and oxygen atoms in total. The molecule has 0 radical (unpaired) electrons. The third kappa shape index (κ3) is 2.82. The van der Waals surface area contributed by atoms with E-state index in [1.54, 1.807) is 6.07 Å². The largest absolute Gasteiger partial charge is 0.368 e. The molecule has 50 valence electrons. The van der Waals surface area contributed by atoms with Crippen molar-refractivity contribution in [3.63, 3.8) is 0 Å². The van der Waals surface area contributed by atoms with Crippen LogP contribution in [0.15, 0.2) is 0 Å². The number of hydrogen-bond acceptors (Lipinski definition) is 2. The van der Waals surface area contributed by atoms with Crippen LogP contribution in [0.25, 0.3) is 0 Å². The van der Waals surface area contributed by atoms with Crippen molar-refractivity contribution in [2.75, 3.05) is 0 Å². The summed E-state index contributed by atoms with van der Waals surface area (Å²) in [6.45, 7) is 0. The Morgan fingerprint density at radius 1 is 1.67 bits per heavy atom. The molecule has 0 heterocycles. The fourth-order valence-corrected chi connectivity index (χ4v) is 1.00. The summed E-state index contributed by atoms with van der Waals surface area (Å²) in [6, 6.07) is 1.73. The van der Waals surface area contributed by atoms with E-state index in [9.17, 15) is 4.79 Å². The maximum Gasteiger partial charge on any atom is 0.236 e. The van der Waals surface area contributed by atoms with Crippen LogP contribution in [-0.4, -0.2) is 9.64 Å². The summed E-state index contributed by atoms with van der Waals surface area (Å²) >= 11 is 5.99. The van der Waals surface area contributed by atoms with Crippen LogP contribution in [0.3, 0.4) is 0 Å². The SMILES string of the molecule is N#CC(C(N)=O)C(Br)Br. The van der Waals surface area contributed by atoms with Crippen molar-refractivity contribution in [1.29, 1.82) is 5.26 Å². The van der Waals surface area contributed by atoms with Gasteiger partial charge in [0.15, 0.2) is 0 Å². The van der Waals surface area contributed by atoms with Gasteiger partial charge in [-0.3, -0.25) is 4.79 Å². The van der Waals surface area contributed by atoms with Crippen molar-refractivity contribution in [3.05, 3.63) is 0 Å². The van der Waals surface area contributed by atoms with Crippen LogP contribution >= 0.6 is 31.9 Å². The summed E-state index contributed by atoms with van der Waals surface area (Å²) in [4.78, 5) is 10.3. The molecule has 2 N–H and O–H groups in total. The van der Waals surface area contributed by atoms with Gasteiger partial charge in [0, 0.05) is 0 Å². The van der Waals surface area contributed by atoms with E-state index < -0.39 is 11.8 Å². The van der Waals surface area contributed by atoms with Gasteiger partial charge in [-0.15, -0.1) is 0 Å². The summed E-state index contributed by atoms with van der Waals surface area (Å²) in [7, 11) is 0. The van der Waals surface area contributed by atoms with Crippen LogP contribution in [0.4, 0.5) is 0 Å². The Bertz CT molecular complexity index is 151. The Hall–Kier alpha value is -0.0800. The summed E-state index contributed by atoms with van der Waals surface area (Å²) in [6.07, 6.45) is 0. The van der Waals surface area contributed by atoms with Crippen molar-refractivity contribution in [3.8, 4) is 6.07 Å². The predicted molar refractivity (Wildman–Crippen MR) is 39.9 cm³/mol. The van der Waals surface area contributed by atoms with E-state index in [-0.39, 0.29) is 3.74 Å². The van der Waals surface area contributed by atoms with Gasteiger partial charge in [0.2, 0.25) is 5.91 Å². The van der Waals surface area contributed by atoms with Crippen LogP contribution < -0.4 is 5.73 Å². The average Bonchev–Trinajstić information content (AvgIpc) is 1.64. The lowest BCUT2D eigenvalue weighted by Crippen LogP contribution is -2.26. The molecule has 1 amide bonds. The molecule has 5 heteroatoms. The number of carbonyl (C=O) groups is 1. The highest BCUT2D eigenvalue weighted by atomic mass is 79.9. The van der Waals surface area contributed by atoms with Gasteiger partial charge in [0.25, 0.3) is 0 Å². The number of hydrogen-bond donors (Lipinski definition) is 1. The molecule has 0 aromatic heterocycles. The monoisotopic (exact) mass is 254 g/mol. The van der Waals surface area contributed by atoms with E-state index >= 15 is 0 Å². The number of halogens is 2. The summed E-state index contributed by atoms with van der Waals surface area (Å²) in [5, 5.41) is 8.26. The van der Waals surface area contributed by atoms with Gasteiger partial charge in [-0.25, -0.2) is 0 Å². The topological polar surface area (TPSA) is 66.9 Å². The number of nitriles is 1. The minimum absolute atomic E-state index is 0.354. The molecule has 0 saturated heterocycles. The maximum absolute atomic E-state index is 10.3. The molecule has 0 rings (SSSR count). The van der Waals surface area contributed by atoms with Gasteiger partial charge in [0.05, 0.1) is 9.81 Å². The van der Waals surface area contributed by atoms with Gasteiger partial charge >= 0.3 is 0 Å². The van der Waals surface area contributed by atoms with E-state index in [1.807, 2.05) is 0 Å². The molecule has 0 fully saturated rings. The highest BCUT2D eigenvalue weighted by molar-refractivity contribution is 9.24. The smallest absolute Gasteiger partial charge is 0.236 e. The highest BCUT2D eigenvalue weighted by Crippen LogP contribution is 2.17. The lowest BCUT2D eigenvalue weighted by atomic mass is 10.2. The number of amides is 1. The lowest BCUT2D eigenvalue weighted by molar-refractivity contribution is -0.119. The number of alkyl halides is 2. The summed E-state index contributed by atoms with van der Waals surface area (Å²) in [5.41, 5.74) is 4.83. The van der Waals surface area contributed by atoms with Crippen LogP contribution in [0.1, 0.15) is 0 Å². The number of rotatable bonds is 2. The number of carbonyl (C=O) groups excluding carboxylic acids is 1. The highest BCUT2D eigenvalue weighted by Gasteiger charge is 2.20. The van der Waals surface area contributed by atoms with E-state index in [4.69, 9.17) is 11.0 Å². The van der Waals surface area contributed by atoms with Crippen molar-refractivity contribution < 1.29 is 4.79 Å². The zero-order valence-corrected chi connectivity index (χ0v) is 7.52. The van der Waals surface area contributed by atoms with E-state index in [2.05, 4.69) is 31.9 Å². The van der Waals surface area contributed by atoms with Crippen LogP contribution in [0, 0.1) is 17.2 Å². The van der Waals surface area contributed by atoms with Gasteiger partial charge < -0.3 is 5.73 Å². The molecule has 1 atom stereocenters. The normalized spacial score (nSPS) is 12.7. The molecule has 0 aliphatic carbocycles. The first-order valence-electron chi connectivity index (χ1n) is 2.06. The predicted octanol–water partition coefficient (Wildman–Crippen LogP) is 0.727. The average molecular weight is 256 g/mol. The number of nitrogens with zero attached hydrogens (tertiary/aromatic N) is 1. The van der Waals surface area contributed by atoms with Crippen LogP contribution in [0.5, 0.6) is 0 Å². The molecule has 9 heavy (non-hydrogen) atoms. The zero-order valence-electron chi connectivity index (χ0n) is 4.34. The van der Waals surface area contributed by atoms with Crippen LogP contribution in [-0.2, 0) is 4.79 Å². The second kappa shape index (κ2) is 3.85. The van der Waals surface area contributed by atoms with E-state index in [0.29, 0.717) is 0 Å². The minimum Gasteiger partial charge on any atom is -0.368 e. The number of primary amides is 1. The van der Waals surface area contributed by atoms with E-state index in [1.165, 1.54) is 0 Å². The first-order chi connectivity index (χ1) is 4.09. The van der Waals surface area contributed by atoms with Crippen molar-refractivity contribution in [2.45, 2.75) is 3.74 Å². The molecule has 1 unspecified atom stereocenters. The Morgan fingerprint density at radius 2 is 2.11 bits per heavy atom. The maximum atomic E-state index is 10.3. The first-order valence-corrected chi connectivity index (χ1v) is 3.89. The van der Waals surface area contributed by atoms with E-state index in [0.717, 1.165) is 0 Å². The summed E-state index contributed by atoms with van der Waals surface area (Å²) < 4.78 is -0.354. The molecule has 0 bridgehead atoms. The van der Waals surface area contributed by atoms with Gasteiger partial charge in [-0.2, -0.15) is 5.26 Å². The molecule has 0 aromatic rings. The summed E-state index contributed by atoms with van der Waals surface area (Å²) in [5.74, 6) is -1.43. The Balaban J connectivity index is 4.04. The zero-order chi connectivity index (χ0) is 7.44. The van der Waals surface area contributed by atoms with Crippen molar-refractivity contribution in [1.82, 2.24) is 0 Å². The molecule has 0 aliphatic rings. The standard InChI is InChI=1S/C4H4Br2N2O/c5-3(6)2(1-7)4(8)9/h2-3H,(H2,8,9). The molecular weight excluding hydrogens is 252 g/mol. The molecule has 0 spiro atoms. The van der Waals surface area contributed by atoms with Gasteiger partial charge in [0.1, 0.15) is 5.92 Å². The second-order valence-corrected chi connectivity index (χ2v) is 4.55. The Morgan fingerprint density at radius 3 is 2.11 bits per heavy atom. The van der Waals surface area contributed by atoms with Crippen molar-refractivity contribution >= 4 is 37.8 Å². The molecule has 0 aromatic carbocycles. The number of nitrogens with two attached hydrogens (primary N) is 1. The van der Waals surface area contributed by atoms with Gasteiger partial charge in [-0.1, -0.05) is 31.9 Å². The third-order valence-electron chi connectivity index (χ3n) is 0.698. The molecule has 0 aliphatic heterocycles. The Labute approximate surface area is 69.5 Å². The van der Waals surface area contributed by atoms with Crippen LogP contribution in [0.2, 0.25) is 0 Å². The van der Waals surface area contributed by atoms with Gasteiger partial charge in [-0.05, 0) is 0 Å². The lowest BCUT2D eigenvalue weighted by Gasteiger charge is -2.02. The third-order valence-corrected chi connectivity index (χ3v) is 1.75. The fraction of sp³-hybridized carbons (Fsp3) is 0.500. The van der Waals surface area contributed by atoms with Crippen molar-refractivity contribution in [2.24, 2.45) is 11.7 Å². The fourth-order valence-electron chi connectivity index (χ4n) is 0.244. The quantitative estimate of drug-likeness (QED) is 0.740. The first kappa shape index (κ1) is 8.92. The Kier molecular flexibility index (Phi) is 3.82. The molecular formula is C4H4Br2N2O. The molecule has 0 saturated carbocycles. The second-order valence-electron chi connectivity index (χ2n) is 1.34.